The molecule has 1 heterocycles. The van der Waals surface area contributed by atoms with E-state index >= 15 is 0 Å². The van der Waals surface area contributed by atoms with Gasteiger partial charge in [-0.1, -0.05) is 18.7 Å². The highest BCUT2D eigenvalue weighted by Gasteiger charge is 2.39. The number of ether oxygens (including phenoxy) is 1. The molecule has 2 rings (SSSR count). The molecule has 3 nitrogen and oxygen atoms in total. The van der Waals surface area contributed by atoms with Crippen molar-refractivity contribution < 1.29 is 4.74 Å². The Morgan fingerprint density at radius 1 is 1.50 bits per heavy atom. The lowest BCUT2D eigenvalue weighted by Crippen LogP contribution is -2.46. The summed E-state index contributed by atoms with van der Waals surface area (Å²) in [6.45, 7) is 5.34. The summed E-state index contributed by atoms with van der Waals surface area (Å²) in [4.78, 5) is 4.77. The summed E-state index contributed by atoms with van der Waals surface area (Å²) in [5, 5.41) is 4.87. The predicted octanol–water partition coefficient (Wildman–Crippen LogP) is 3.05. The SMILES string of the molecule is COCCC(C)N=C1NC2(CCC(C)CC2)CS1. The highest BCUT2D eigenvalue weighted by atomic mass is 32.2. The van der Waals surface area contributed by atoms with Crippen molar-refractivity contribution in [1.29, 1.82) is 0 Å². The fraction of sp³-hybridized carbons (Fsp3) is 0.929. The van der Waals surface area contributed by atoms with Crippen molar-refractivity contribution in [1.82, 2.24) is 5.32 Å². The third kappa shape index (κ3) is 3.64. The Bertz CT molecular complexity index is 298. The molecule has 0 aromatic heterocycles. The van der Waals surface area contributed by atoms with Gasteiger partial charge in [0, 0.05) is 25.0 Å². The van der Waals surface area contributed by atoms with Crippen LogP contribution in [0.5, 0.6) is 0 Å². The van der Waals surface area contributed by atoms with Crippen molar-refractivity contribution in [3.8, 4) is 0 Å². The number of nitrogens with zero attached hydrogens (tertiary/aromatic N) is 1. The zero-order valence-electron chi connectivity index (χ0n) is 11.9. The molecule has 104 valence electrons. The van der Waals surface area contributed by atoms with Crippen molar-refractivity contribution in [2.45, 2.75) is 57.5 Å². The molecule has 2 fully saturated rings. The molecule has 0 bridgehead atoms. The van der Waals surface area contributed by atoms with Crippen LogP contribution in [0.15, 0.2) is 4.99 Å². The Labute approximate surface area is 115 Å². The molecule has 0 aromatic carbocycles. The maximum Gasteiger partial charge on any atom is 0.157 e. The molecule has 1 unspecified atom stereocenters. The van der Waals surface area contributed by atoms with Gasteiger partial charge in [0.05, 0.1) is 6.04 Å². The quantitative estimate of drug-likeness (QED) is 0.852. The number of amidine groups is 1. The number of nitrogens with one attached hydrogen (secondary N) is 1. The van der Waals surface area contributed by atoms with Crippen LogP contribution in [0.25, 0.3) is 0 Å². The summed E-state index contributed by atoms with van der Waals surface area (Å²) in [5.41, 5.74) is 0.358. The van der Waals surface area contributed by atoms with Crippen LogP contribution in [0.3, 0.4) is 0 Å². The number of thioether (sulfide) groups is 1. The molecule has 18 heavy (non-hydrogen) atoms. The van der Waals surface area contributed by atoms with Gasteiger partial charge < -0.3 is 10.1 Å². The number of aliphatic imine (C=N–C) groups is 1. The fourth-order valence-electron chi connectivity index (χ4n) is 2.71. The van der Waals surface area contributed by atoms with Crippen molar-refractivity contribution in [3.63, 3.8) is 0 Å². The standard InChI is InChI=1S/C14H26N2OS/c1-11-4-7-14(8-5-11)10-18-13(16-14)15-12(2)6-9-17-3/h11-12H,4-10H2,1-3H3,(H,15,16). The molecular weight excluding hydrogens is 244 g/mol. The van der Waals surface area contributed by atoms with E-state index < -0.39 is 0 Å². The van der Waals surface area contributed by atoms with Gasteiger partial charge in [0.15, 0.2) is 5.17 Å². The Kier molecular flexibility index (Phi) is 4.96. The van der Waals surface area contributed by atoms with Crippen molar-refractivity contribution in [2.24, 2.45) is 10.9 Å². The lowest BCUT2D eigenvalue weighted by atomic mass is 9.78. The molecule has 0 radical (unpaired) electrons. The maximum atomic E-state index is 5.10. The second-order valence-electron chi connectivity index (χ2n) is 5.94. The fourth-order valence-corrected chi connectivity index (χ4v) is 4.03. The van der Waals surface area contributed by atoms with E-state index in [1.54, 1.807) is 7.11 Å². The van der Waals surface area contributed by atoms with Crippen LogP contribution in [0.4, 0.5) is 0 Å². The number of rotatable bonds is 4. The summed E-state index contributed by atoms with van der Waals surface area (Å²) in [6.07, 6.45) is 6.35. The minimum atomic E-state index is 0.358. The van der Waals surface area contributed by atoms with E-state index in [9.17, 15) is 0 Å². The molecule has 1 spiro atoms. The van der Waals surface area contributed by atoms with Gasteiger partial charge in [0.2, 0.25) is 0 Å². The normalized spacial score (nSPS) is 35.9. The van der Waals surface area contributed by atoms with Crippen LogP contribution in [0.2, 0.25) is 0 Å². The van der Waals surface area contributed by atoms with Gasteiger partial charge in [0.25, 0.3) is 0 Å². The first kappa shape index (κ1) is 14.2. The Morgan fingerprint density at radius 2 is 2.22 bits per heavy atom. The molecule has 1 aliphatic carbocycles. The summed E-state index contributed by atoms with van der Waals surface area (Å²) >= 11 is 1.91. The van der Waals surface area contributed by atoms with Crippen LogP contribution < -0.4 is 5.32 Å². The van der Waals surface area contributed by atoms with E-state index in [4.69, 9.17) is 9.73 Å². The van der Waals surface area contributed by atoms with Gasteiger partial charge in [-0.2, -0.15) is 0 Å². The zero-order chi connectivity index (χ0) is 13.0. The molecule has 1 saturated carbocycles. The smallest absolute Gasteiger partial charge is 0.157 e. The largest absolute Gasteiger partial charge is 0.385 e. The van der Waals surface area contributed by atoms with Crippen LogP contribution in [0.1, 0.15) is 46.0 Å². The monoisotopic (exact) mass is 270 g/mol. The second kappa shape index (κ2) is 6.29. The average Bonchev–Trinajstić information content (AvgIpc) is 2.74. The Hall–Kier alpha value is -0.220. The molecule has 2 aliphatic rings. The molecule has 0 amide bonds. The first-order chi connectivity index (χ1) is 8.63. The summed E-state index contributed by atoms with van der Waals surface area (Å²) in [7, 11) is 1.75. The molecule has 1 atom stereocenters. The average molecular weight is 270 g/mol. The van der Waals surface area contributed by atoms with Gasteiger partial charge in [-0.05, 0) is 44.9 Å². The van der Waals surface area contributed by atoms with Gasteiger partial charge in [-0.25, -0.2) is 0 Å². The third-order valence-corrected chi connectivity index (χ3v) is 5.34. The van der Waals surface area contributed by atoms with Crippen LogP contribution in [-0.4, -0.2) is 36.2 Å². The van der Waals surface area contributed by atoms with Crippen LogP contribution in [0, 0.1) is 5.92 Å². The minimum Gasteiger partial charge on any atom is -0.385 e. The number of methoxy groups -OCH3 is 1. The van der Waals surface area contributed by atoms with E-state index in [0.717, 1.165) is 24.1 Å². The van der Waals surface area contributed by atoms with E-state index in [1.807, 2.05) is 11.8 Å². The minimum absolute atomic E-state index is 0.358. The van der Waals surface area contributed by atoms with Gasteiger partial charge >= 0.3 is 0 Å². The summed E-state index contributed by atoms with van der Waals surface area (Å²) in [6, 6.07) is 0.359. The van der Waals surface area contributed by atoms with Gasteiger partial charge in [-0.3, -0.25) is 4.99 Å². The first-order valence-electron chi connectivity index (χ1n) is 7.11. The molecule has 4 heteroatoms. The number of hydrogen-bond donors (Lipinski definition) is 1. The predicted molar refractivity (Wildman–Crippen MR) is 79.3 cm³/mol. The van der Waals surface area contributed by atoms with Crippen LogP contribution in [-0.2, 0) is 4.74 Å². The molecule has 0 aromatic rings. The first-order valence-corrected chi connectivity index (χ1v) is 8.10. The highest BCUT2D eigenvalue weighted by molar-refractivity contribution is 8.14. The molecule has 1 N–H and O–H groups in total. The van der Waals surface area contributed by atoms with Gasteiger partial charge in [0.1, 0.15) is 0 Å². The molecule has 1 saturated heterocycles. The zero-order valence-corrected chi connectivity index (χ0v) is 12.7. The van der Waals surface area contributed by atoms with Crippen molar-refractivity contribution >= 4 is 16.9 Å². The van der Waals surface area contributed by atoms with Crippen molar-refractivity contribution in [2.75, 3.05) is 19.5 Å². The molecular formula is C14H26N2OS. The van der Waals surface area contributed by atoms with E-state index in [1.165, 1.54) is 31.4 Å². The van der Waals surface area contributed by atoms with Crippen LogP contribution >= 0.6 is 11.8 Å². The Balaban J connectivity index is 1.85. The topological polar surface area (TPSA) is 33.6 Å². The summed E-state index contributed by atoms with van der Waals surface area (Å²) < 4.78 is 5.10. The van der Waals surface area contributed by atoms with E-state index in [0.29, 0.717) is 11.6 Å². The third-order valence-electron chi connectivity index (χ3n) is 4.17. The molecule has 1 aliphatic heterocycles. The van der Waals surface area contributed by atoms with Crippen molar-refractivity contribution in [3.05, 3.63) is 0 Å². The Morgan fingerprint density at radius 3 is 2.89 bits per heavy atom. The lowest BCUT2D eigenvalue weighted by Gasteiger charge is -2.35. The number of hydrogen-bond acceptors (Lipinski definition) is 3. The maximum absolute atomic E-state index is 5.10. The van der Waals surface area contributed by atoms with E-state index in [2.05, 4.69) is 19.2 Å². The second-order valence-corrected chi connectivity index (χ2v) is 6.91. The summed E-state index contributed by atoms with van der Waals surface area (Å²) in [5.74, 6) is 2.11. The lowest BCUT2D eigenvalue weighted by molar-refractivity contribution is 0.190. The highest BCUT2D eigenvalue weighted by Crippen LogP contribution is 2.38. The van der Waals surface area contributed by atoms with Gasteiger partial charge in [-0.15, -0.1) is 0 Å². The van der Waals surface area contributed by atoms with E-state index in [-0.39, 0.29) is 0 Å².